The summed E-state index contributed by atoms with van der Waals surface area (Å²) in [5, 5.41) is 0. The fourth-order valence-electron chi connectivity index (χ4n) is 2.60. The minimum Gasteiger partial charge on any atom is -0.324 e. The number of nitrogens with two attached hydrogens (primary N) is 1. The maximum absolute atomic E-state index is 12.6. The normalized spacial score (nSPS) is 19.6. The molecule has 1 unspecified atom stereocenters. The van der Waals surface area contributed by atoms with Gasteiger partial charge < -0.3 is 10.6 Å². The van der Waals surface area contributed by atoms with Gasteiger partial charge in [0.15, 0.2) is 0 Å². The molecule has 1 saturated heterocycles. The molecule has 1 aliphatic heterocycles. The van der Waals surface area contributed by atoms with Crippen molar-refractivity contribution in [3.05, 3.63) is 29.8 Å². The summed E-state index contributed by atoms with van der Waals surface area (Å²) in [6.07, 6.45) is 1.10. The van der Waals surface area contributed by atoms with E-state index in [9.17, 15) is 8.42 Å². The van der Waals surface area contributed by atoms with Crippen LogP contribution in [0.3, 0.4) is 0 Å². The first-order valence-corrected chi connectivity index (χ1v) is 8.97. The predicted octanol–water partition coefficient (Wildman–Crippen LogP) is 1.42. The number of piperazine rings is 1. The summed E-state index contributed by atoms with van der Waals surface area (Å²) in [7, 11) is -3.38. The maximum Gasteiger partial charge on any atom is 0.243 e. The van der Waals surface area contributed by atoms with Gasteiger partial charge in [-0.2, -0.15) is 4.31 Å². The molecule has 6 heteroatoms. The molecule has 0 aliphatic carbocycles. The molecular formula is C15H25N3O2S. The molecular weight excluding hydrogens is 286 g/mol. The summed E-state index contributed by atoms with van der Waals surface area (Å²) in [4.78, 5) is 2.67. The summed E-state index contributed by atoms with van der Waals surface area (Å²) in [5.41, 5.74) is 6.74. The van der Waals surface area contributed by atoms with Gasteiger partial charge in [-0.3, -0.25) is 0 Å². The Balaban J connectivity index is 2.08. The van der Waals surface area contributed by atoms with E-state index in [1.165, 1.54) is 0 Å². The number of benzene rings is 1. The summed E-state index contributed by atoms with van der Waals surface area (Å²) in [6, 6.07) is 6.83. The zero-order valence-corrected chi connectivity index (χ0v) is 13.6. The lowest BCUT2D eigenvalue weighted by atomic mass is 10.1. The van der Waals surface area contributed by atoms with E-state index in [0.717, 1.165) is 31.6 Å². The zero-order valence-electron chi connectivity index (χ0n) is 12.8. The Hall–Kier alpha value is -0.950. The molecule has 1 fully saturated rings. The van der Waals surface area contributed by atoms with Crippen molar-refractivity contribution in [3.8, 4) is 0 Å². The fourth-order valence-corrected chi connectivity index (χ4v) is 4.02. The molecule has 0 saturated carbocycles. The number of hydrogen-bond acceptors (Lipinski definition) is 4. The lowest BCUT2D eigenvalue weighted by molar-refractivity contribution is 0.188. The third-order valence-corrected chi connectivity index (χ3v) is 5.83. The van der Waals surface area contributed by atoms with Crippen LogP contribution in [0.25, 0.3) is 0 Å². The van der Waals surface area contributed by atoms with Crippen LogP contribution in [0.2, 0.25) is 0 Å². The number of rotatable bonds is 5. The molecule has 0 aromatic heterocycles. The highest BCUT2D eigenvalue weighted by Gasteiger charge is 2.28. The minimum atomic E-state index is -3.38. The van der Waals surface area contributed by atoms with Crippen LogP contribution in [0.5, 0.6) is 0 Å². The maximum atomic E-state index is 12.6. The topological polar surface area (TPSA) is 66.6 Å². The Morgan fingerprint density at radius 2 is 1.71 bits per heavy atom. The molecule has 1 atom stereocenters. The second kappa shape index (κ2) is 6.87. The van der Waals surface area contributed by atoms with Crippen LogP contribution >= 0.6 is 0 Å². The van der Waals surface area contributed by atoms with Crippen molar-refractivity contribution in [2.24, 2.45) is 5.73 Å². The largest absolute Gasteiger partial charge is 0.324 e. The van der Waals surface area contributed by atoms with Gasteiger partial charge in [0.25, 0.3) is 0 Å². The molecule has 118 valence electrons. The smallest absolute Gasteiger partial charge is 0.243 e. The van der Waals surface area contributed by atoms with Gasteiger partial charge >= 0.3 is 0 Å². The van der Waals surface area contributed by atoms with Crippen LogP contribution in [0, 0.1) is 0 Å². The average Bonchev–Trinajstić information content (AvgIpc) is 2.48. The van der Waals surface area contributed by atoms with Gasteiger partial charge in [0, 0.05) is 32.2 Å². The zero-order chi connectivity index (χ0) is 15.5. The molecule has 1 aliphatic rings. The van der Waals surface area contributed by atoms with E-state index in [4.69, 9.17) is 5.73 Å². The van der Waals surface area contributed by atoms with Crippen LogP contribution in [0.4, 0.5) is 0 Å². The van der Waals surface area contributed by atoms with Gasteiger partial charge in [0.2, 0.25) is 10.0 Å². The third kappa shape index (κ3) is 3.83. The lowest BCUT2D eigenvalue weighted by Gasteiger charge is -2.33. The van der Waals surface area contributed by atoms with E-state index in [-0.39, 0.29) is 6.04 Å². The molecule has 2 N–H and O–H groups in total. The molecule has 0 spiro atoms. The van der Waals surface area contributed by atoms with Crippen molar-refractivity contribution in [1.29, 1.82) is 0 Å². The molecule has 1 aromatic carbocycles. The Morgan fingerprint density at radius 1 is 1.14 bits per heavy atom. The first-order valence-electron chi connectivity index (χ1n) is 7.53. The first kappa shape index (κ1) is 16.4. The van der Waals surface area contributed by atoms with E-state index in [1.54, 1.807) is 28.6 Å². The van der Waals surface area contributed by atoms with Crippen LogP contribution < -0.4 is 5.73 Å². The Bertz CT molecular complexity index is 547. The highest BCUT2D eigenvalue weighted by Crippen LogP contribution is 2.20. The van der Waals surface area contributed by atoms with Gasteiger partial charge in [-0.1, -0.05) is 19.1 Å². The van der Waals surface area contributed by atoms with E-state index in [0.29, 0.717) is 18.0 Å². The van der Waals surface area contributed by atoms with Crippen molar-refractivity contribution in [2.75, 3.05) is 32.7 Å². The van der Waals surface area contributed by atoms with E-state index in [2.05, 4.69) is 11.8 Å². The molecule has 5 nitrogen and oxygen atoms in total. The highest BCUT2D eigenvalue weighted by molar-refractivity contribution is 7.89. The Labute approximate surface area is 127 Å². The Morgan fingerprint density at radius 3 is 2.19 bits per heavy atom. The molecule has 0 radical (unpaired) electrons. The SMILES string of the molecule is CCCN1CCN(S(=O)(=O)c2ccc(C(C)N)cc2)CC1. The van der Waals surface area contributed by atoms with E-state index < -0.39 is 10.0 Å². The van der Waals surface area contributed by atoms with Gasteiger partial charge in [-0.25, -0.2) is 8.42 Å². The molecule has 1 aromatic rings. The van der Waals surface area contributed by atoms with Gasteiger partial charge in [-0.15, -0.1) is 0 Å². The fraction of sp³-hybridized carbons (Fsp3) is 0.600. The van der Waals surface area contributed by atoms with Crippen molar-refractivity contribution < 1.29 is 8.42 Å². The van der Waals surface area contributed by atoms with Crippen molar-refractivity contribution in [1.82, 2.24) is 9.21 Å². The van der Waals surface area contributed by atoms with Gasteiger partial charge in [-0.05, 0) is 37.6 Å². The quantitative estimate of drug-likeness (QED) is 0.893. The molecule has 2 rings (SSSR count). The molecule has 1 heterocycles. The monoisotopic (exact) mass is 311 g/mol. The number of sulfonamides is 1. The molecule has 21 heavy (non-hydrogen) atoms. The molecule has 0 amide bonds. The number of hydrogen-bond donors (Lipinski definition) is 1. The summed E-state index contributed by atoms with van der Waals surface area (Å²) in [6.45, 7) is 7.82. The van der Waals surface area contributed by atoms with Crippen molar-refractivity contribution >= 4 is 10.0 Å². The second-order valence-corrected chi connectivity index (χ2v) is 7.54. The number of nitrogens with zero attached hydrogens (tertiary/aromatic N) is 2. The van der Waals surface area contributed by atoms with E-state index in [1.807, 2.05) is 6.92 Å². The minimum absolute atomic E-state index is 0.0839. The van der Waals surface area contributed by atoms with Crippen LogP contribution in [-0.4, -0.2) is 50.3 Å². The first-order chi connectivity index (χ1) is 9.95. The third-order valence-electron chi connectivity index (χ3n) is 3.91. The summed E-state index contributed by atoms with van der Waals surface area (Å²) < 4.78 is 26.8. The average molecular weight is 311 g/mol. The second-order valence-electron chi connectivity index (χ2n) is 5.60. The summed E-state index contributed by atoms with van der Waals surface area (Å²) >= 11 is 0. The Kier molecular flexibility index (Phi) is 5.37. The van der Waals surface area contributed by atoms with Crippen LogP contribution in [0.1, 0.15) is 31.9 Å². The lowest BCUT2D eigenvalue weighted by Crippen LogP contribution is -2.48. The van der Waals surface area contributed by atoms with Crippen molar-refractivity contribution in [2.45, 2.75) is 31.2 Å². The molecule has 0 bridgehead atoms. The highest BCUT2D eigenvalue weighted by atomic mass is 32.2. The van der Waals surface area contributed by atoms with Crippen LogP contribution in [0.15, 0.2) is 29.2 Å². The van der Waals surface area contributed by atoms with Crippen molar-refractivity contribution in [3.63, 3.8) is 0 Å². The van der Waals surface area contributed by atoms with Crippen LogP contribution in [-0.2, 0) is 10.0 Å². The summed E-state index contributed by atoms with van der Waals surface area (Å²) in [5.74, 6) is 0. The predicted molar refractivity (Wildman–Crippen MR) is 84.5 cm³/mol. The van der Waals surface area contributed by atoms with Gasteiger partial charge in [0.1, 0.15) is 0 Å². The van der Waals surface area contributed by atoms with Gasteiger partial charge in [0.05, 0.1) is 4.90 Å². The standard InChI is InChI=1S/C15H25N3O2S/c1-3-8-17-9-11-18(12-10-17)21(19,20)15-6-4-14(5-7-15)13(2)16/h4-7,13H,3,8-12,16H2,1-2H3. The van der Waals surface area contributed by atoms with E-state index >= 15 is 0 Å².